The lowest BCUT2D eigenvalue weighted by Gasteiger charge is -2.10. The number of carbonyl (C=O) groups is 2. The second-order valence-corrected chi connectivity index (χ2v) is 5.35. The summed E-state index contributed by atoms with van der Waals surface area (Å²) in [5.41, 5.74) is 5.90. The fourth-order valence-corrected chi connectivity index (χ4v) is 2.13. The number of aromatic nitrogens is 1. The van der Waals surface area contributed by atoms with E-state index in [-0.39, 0.29) is 6.61 Å². The molecule has 7 heteroatoms. The van der Waals surface area contributed by atoms with Crippen LogP contribution in [0.25, 0.3) is 0 Å². The van der Waals surface area contributed by atoms with Crippen LogP contribution in [0.3, 0.4) is 0 Å². The second-order valence-electron chi connectivity index (χ2n) is 4.44. The van der Waals surface area contributed by atoms with Gasteiger partial charge in [-0.25, -0.2) is 0 Å². The zero-order valence-electron chi connectivity index (χ0n) is 11.8. The van der Waals surface area contributed by atoms with E-state index in [9.17, 15) is 9.59 Å². The highest BCUT2D eigenvalue weighted by atomic mass is 79.9. The van der Waals surface area contributed by atoms with Gasteiger partial charge in [0.05, 0.1) is 0 Å². The molecule has 0 aliphatic heterocycles. The number of benzene rings is 1. The molecular weight excluding hydrogens is 350 g/mol. The molecule has 0 saturated carbocycles. The molecule has 0 aliphatic carbocycles. The summed E-state index contributed by atoms with van der Waals surface area (Å²) in [5, 5.41) is 0. The Morgan fingerprint density at radius 1 is 1.18 bits per heavy atom. The van der Waals surface area contributed by atoms with Crippen molar-refractivity contribution in [3.8, 4) is 5.75 Å². The first-order valence-electron chi connectivity index (χ1n) is 6.44. The van der Waals surface area contributed by atoms with Gasteiger partial charge in [-0.1, -0.05) is 15.9 Å². The van der Waals surface area contributed by atoms with Crippen molar-refractivity contribution in [2.75, 3.05) is 6.61 Å². The quantitative estimate of drug-likeness (QED) is 0.814. The van der Waals surface area contributed by atoms with Crippen LogP contribution < -0.4 is 15.6 Å². The topological polar surface area (TPSA) is 80.3 Å². The fraction of sp³-hybridized carbons (Fsp3) is 0.133. The average molecular weight is 364 g/mol. The Hall–Kier alpha value is -2.41. The lowest BCUT2D eigenvalue weighted by atomic mass is 10.2. The minimum absolute atomic E-state index is 0.195. The normalized spacial score (nSPS) is 9.91. The summed E-state index contributed by atoms with van der Waals surface area (Å²) in [6.45, 7) is 1.68. The van der Waals surface area contributed by atoms with E-state index in [1.807, 2.05) is 19.1 Å². The van der Waals surface area contributed by atoms with Crippen LogP contribution in [0.1, 0.15) is 15.9 Å². The molecule has 0 radical (unpaired) electrons. The van der Waals surface area contributed by atoms with Gasteiger partial charge in [0.15, 0.2) is 6.61 Å². The first kappa shape index (κ1) is 16.0. The van der Waals surface area contributed by atoms with Crippen molar-refractivity contribution in [3.63, 3.8) is 0 Å². The molecule has 0 atom stereocenters. The van der Waals surface area contributed by atoms with Crippen molar-refractivity contribution >= 4 is 27.7 Å². The lowest BCUT2D eigenvalue weighted by molar-refractivity contribution is -0.123. The third-order valence-corrected chi connectivity index (χ3v) is 3.25. The number of rotatable bonds is 4. The number of pyridine rings is 1. The molecule has 1 aromatic heterocycles. The molecular formula is C15H14BrN3O3. The third kappa shape index (κ3) is 4.56. The molecule has 22 heavy (non-hydrogen) atoms. The van der Waals surface area contributed by atoms with Gasteiger partial charge in [0.1, 0.15) is 5.75 Å². The smallest absolute Gasteiger partial charge is 0.276 e. The van der Waals surface area contributed by atoms with E-state index in [2.05, 4.69) is 31.8 Å². The molecule has 2 amide bonds. The number of hydrogen-bond donors (Lipinski definition) is 2. The maximum Gasteiger partial charge on any atom is 0.276 e. The van der Waals surface area contributed by atoms with Gasteiger partial charge in [-0.3, -0.25) is 25.4 Å². The Morgan fingerprint density at radius 2 is 1.91 bits per heavy atom. The predicted molar refractivity (Wildman–Crippen MR) is 84.2 cm³/mol. The Labute approximate surface area is 136 Å². The molecule has 0 aliphatic rings. The standard InChI is InChI=1S/C15H14BrN3O3/c1-10-8-12(16)2-3-13(10)22-9-14(20)18-19-15(21)11-4-6-17-7-5-11/h2-8H,9H2,1H3,(H,18,20)(H,19,21). The van der Waals surface area contributed by atoms with E-state index < -0.39 is 11.8 Å². The number of halogens is 1. The molecule has 0 saturated heterocycles. The first-order valence-corrected chi connectivity index (χ1v) is 7.24. The summed E-state index contributed by atoms with van der Waals surface area (Å²) in [6.07, 6.45) is 2.99. The molecule has 0 spiro atoms. The highest BCUT2D eigenvalue weighted by molar-refractivity contribution is 9.10. The van der Waals surface area contributed by atoms with Gasteiger partial charge in [0.2, 0.25) is 0 Å². The van der Waals surface area contributed by atoms with Crippen LogP contribution in [0, 0.1) is 6.92 Å². The van der Waals surface area contributed by atoms with Gasteiger partial charge in [-0.05, 0) is 42.8 Å². The van der Waals surface area contributed by atoms with Crippen LogP contribution in [-0.2, 0) is 4.79 Å². The average Bonchev–Trinajstić information content (AvgIpc) is 2.52. The molecule has 2 N–H and O–H groups in total. The maximum absolute atomic E-state index is 11.7. The van der Waals surface area contributed by atoms with E-state index >= 15 is 0 Å². The molecule has 2 aromatic rings. The third-order valence-electron chi connectivity index (χ3n) is 2.75. The second kappa shape index (κ2) is 7.56. The summed E-state index contributed by atoms with van der Waals surface area (Å²) in [7, 11) is 0. The number of ether oxygens (including phenoxy) is 1. The molecule has 0 unspecified atom stereocenters. The monoisotopic (exact) mass is 363 g/mol. The number of hydrogen-bond acceptors (Lipinski definition) is 4. The number of hydrazine groups is 1. The maximum atomic E-state index is 11.7. The summed E-state index contributed by atoms with van der Waals surface area (Å²) in [4.78, 5) is 27.2. The van der Waals surface area contributed by atoms with Crippen molar-refractivity contribution in [2.45, 2.75) is 6.92 Å². The minimum Gasteiger partial charge on any atom is -0.483 e. The molecule has 0 bridgehead atoms. The largest absolute Gasteiger partial charge is 0.483 e. The Morgan fingerprint density at radius 3 is 2.59 bits per heavy atom. The van der Waals surface area contributed by atoms with Crippen molar-refractivity contribution < 1.29 is 14.3 Å². The molecule has 6 nitrogen and oxygen atoms in total. The van der Waals surface area contributed by atoms with E-state index in [4.69, 9.17) is 4.74 Å². The zero-order valence-corrected chi connectivity index (χ0v) is 13.4. The van der Waals surface area contributed by atoms with E-state index in [0.29, 0.717) is 11.3 Å². The Balaban J connectivity index is 1.80. The van der Waals surface area contributed by atoms with E-state index in [1.165, 1.54) is 12.4 Å². The number of carbonyl (C=O) groups excluding carboxylic acids is 2. The number of nitrogens with one attached hydrogen (secondary N) is 2. The van der Waals surface area contributed by atoms with Crippen LogP contribution in [-0.4, -0.2) is 23.4 Å². The van der Waals surface area contributed by atoms with E-state index in [1.54, 1.807) is 18.2 Å². The zero-order chi connectivity index (χ0) is 15.9. The van der Waals surface area contributed by atoms with Gasteiger partial charge in [0, 0.05) is 22.4 Å². The molecule has 1 heterocycles. The number of amides is 2. The summed E-state index contributed by atoms with van der Waals surface area (Å²) >= 11 is 3.35. The van der Waals surface area contributed by atoms with Crippen LogP contribution in [0.5, 0.6) is 5.75 Å². The van der Waals surface area contributed by atoms with E-state index in [0.717, 1.165) is 10.0 Å². The SMILES string of the molecule is Cc1cc(Br)ccc1OCC(=O)NNC(=O)c1ccncc1. The highest BCUT2D eigenvalue weighted by Crippen LogP contribution is 2.21. The fourth-order valence-electron chi connectivity index (χ4n) is 1.66. The molecule has 2 rings (SSSR count). The van der Waals surface area contributed by atoms with Gasteiger partial charge < -0.3 is 4.74 Å². The van der Waals surface area contributed by atoms with Gasteiger partial charge in [-0.15, -0.1) is 0 Å². The lowest BCUT2D eigenvalue weighted by Crippen LogP contribution is -2.43. The summed E-state index contributed by atoms with van der Waals surface area (Å²) in [6, 6.07) is 8.57. The van der Waals surface area contributed by atoms with Gasteiger partial charge >= 0.3 is 0 Å². The van der Waals surface area contributed by atoms with Crippen LogP contribution in [0.15, 0.2) is 47.2 Å². The van der Waals surface area contributed by atoms with Crippen molar-refractivity contribution in [3.05, 3.63) is 58.3 Å². The van der Waals surface area contributed by atoms with Gasteiger partial charge in [0.25, 0.3) is 11.8 Å². The Kier molecular flexibility index (Phi) is 5.48. The molecule has 114 valence electrons. The van der Waals surface area contributed by atoms with Gasteiger partial charge in [-0.2, -0.15) is 0 Å². The Bertz CT molecular complexity index is 677. The predicted octanol–water partition coefficient (Wildman–Crippen LogP) is 1.99. The van der Waals surface area contributed by atoms with Crippen molar-refractivity contribution in [2.24, 2.45) is 0 Å². The van der Waals surface area contributed by atoms with Crippen molar-refractivity contribution in [1.29, 1.82) is 0 Å². The minimum atomic E-state index is -0.454. The summed E-state index contributed by atoms with van der Waals surface area (Å²) < 4.78 is 6.33. The first-order chi connectivity index (χ1) is 10.6. The number of nitrogens with zero attached hydrogens (tertiary/aromatic N) is 1. The number of aryl methyl sites for hydroxylation is 1. The molecule has 1 aromatic carbocycles. The highest BCUT2D eigenvalue weighted by Gasteiger charge is 2.08. The van der Waals surface area contributed by atoms with Crippen molar-refractivity contribution in [1.82, 2.24) is 15.8 Å². The molecule has 0 fully saturated rings. The summed E-state index contributed by atoms with van der Waals surface area (Å²) in [5.74, 6) is -0.265. The van der Waals surface area contributed by atoms with Crippen LogP contribution >= 0.6 is 15.9 Å². The van der Waals surface area contributed by atoms with Crippen LogP contribution in [0.2, 0.25) is 0 Å². The van der Waals surface area contributed by atoms with Crippen LogP contribution in [0.4, 0.5) is 0 Å².